The summed E-state index contributed by atoms with van der Waals surface area (Å²) in [5.74, 6) is 1.15. The van der Waals surface area contributed by atoms with Crippen LogP contribution in [-0.4, -0.2) is 17.6 Å². The van der Waals surface area contributed by atoms with Gasteiger partial charge in [-0.2, -0.15) is 0 Å². The largest absolute Gasteiger partial charge is 0.294 e. The van der Waals surface area contributed by atoms with Gasteiger partial charge in [0, 0.05) is 12.0 Å². The number of Topliss-reactive ketones (excluding diaryl/α,β-unsaturated/α-hetero) is 1. The van der Waals surface area contributed by atoms with Gasteiger partial charge in [-0.05, 0) is 72.4 Å². The van der Waals surface area contributed by atoms with E-state index in [1.807, 2.05) is 24.3 Å². The summed E-state index contributed by atoms with van der Waals surface area (Å²) in [5.41, 5.74) is 2.14. The molecule has 0 spiro atoms. The zero-order valence-electron chi connectivity index (χ0n) is 17.2. The molecule has 32 heavy (non-hydrogen) atoms. The van der Waals surface area contributed by atoms with E-state index in [2.05, 4.69) is 12.2 Å². The van der Waals surface area contributed by atoms with E-state index in [9.17, 15) is 14.4 Å². The lowest BCUT2D eigenvalue weighted by Crippen LogP contribution is -2.40. The van der Waals surface area contributed by atoms with Gasteiger partial charge in [-0.3, -0.25) is 19.3 Å². The number of aryl methyl sites for hydroxylation is 1. The normalized spacial score (nSPS) is 31.6. The van der Waals surface area contributed by atoms with Crippen molar-refractivity contribution >= 4 is 46.5 Å². The van der Waals surface area contributed by atoms with Crippen LogP contribution in [0.5, 0.6) is 0 Å². The third kappa shape index (κ3) is 3.00. The van der Waals surface area contributed by atoms with Gasteiger partial charge in [0.25, 0.3) is 0 Å². The van der Waals surface area contributed by atoms with E-state index in [0.29, 0.717) is 46.0 Å². The van der Waals surface area contributed by atoms with Gasteiger partial charge in [0.2, 0.25) is 11.8 Å². The van der Waals surface area contributed by atoms with Gasteiger partial charge in [-0.1, -0.05) is 47.5 Å². The first-order chi connectivity index (χ1) is 15.4. The number of amides is 2. The molecule has 162 valence electrons. The molecule has 6 heteroatoms. The average molecular weight is 466 g/mol. The predicted molar refractivity (Wildman–Crippen MR) is 123 cm³/mol. The molecule has 0 radical (unpaired) electrons. The van der Waals surface area contributed by atoms with Crippen molar-refractivity contribution in [2.24, 2.45) is 35.5 Å². The lowest BCUT2D eigenvalue weighted by Gasteiger charge is -2.37. The van der Waals surface area contributed by atoms with Crippen LogP contribution in [0.2, 0.25) is 10.0 Å². The molecule has 4 aliphatic carbocycles. The standard InChI is InChI=1S/C26H21Cl2NO3/c27-20-9-4-14(11-21(20)28)22(30)10-3-13-1-5-15(6-2-13)29-25(31)23-16-7-8-17(19-12-18(16)19)24(23)26(29)32/h1-2,4-9,11,16-19,23-24H,3,10,12H2. The molecule has 0 N–H and O–H groups in total. The molecule has 4 nitrogen and oxygen atoms in total. The Kier molecular flexibility index (Phi) is 4.60. The van der Waals surface area contributed by atoms with E-state index in [1.165, 1.54) is 4.90 Å². The Labute approximate surface area is 196 Å². The summed E-state index contributed by atoms with van der Waals surface area (Å²) in [4.78, 5) is 40.3. The third-order valence-electron chi connectivity index (χ3n) is 7.74. The first-order valence-corrected chi connectivity index (χ1v) is 11.8. The van der Waals surface area contributed by atoms with Gasteiger partial charge >= 0.3 is 0 Å². The Bertz CT molecular complexity index is 1150. The monoisotopic (exact) mass is 465 g/mol. The van der Waals surface area contributed by atoms with Crippen LogP contribution < -0.4 is 4.90 Å². The molecule has 2 aromatic rings. The van der Waals surface area contributed by atoms with Crippen molar-refractivity contribution in [2.45, 2.75) is 19.3 Å². The second-order valence-corrected chi connectivity index (χ2v) is 10.2. The number of hydrogen-bond donors (Lipinski definition) is 0. The first kappa shape index (κ1) is 20.2. The number of ketones is 1. The Morgan fingerprint density at radius 1 is 0.875 bits per heavy atom. The molecule has 6 atom stereocenters. The van der Waals surface area contributed by atoms with Gasteiger partial charge in [0.05, 0.1) is 27.6 Å². The topological polar surface area (TPSA) is 54.5 Å². The SMILES string of the molecule is O=C(CCc1ccc(N2C(=O)C3C4C=CC(C5CC45)C3C2=O)cc1)c1ccc(Cl)c(Cl)c1. The molecule has 2 saturated carbocycles. The molecule has 6 unspecified atom stereocenters. The second-order valence-electron chi connectivity index (χ2n) is 9.38. The smallest absolute Gasteiger partial charge is 0.238 e. The van der Waals surface area contributed by atoms with Crippen molar-refractivity contribution in [1.29, 1.82) is 0 Å². The molecule has 7 rings (SSSR count). The second kappa shape index (κ2) is 7.29. The van der Waals surface area contributed by atoms with Crippen molar-refractivity contribution in [2.75, 3.05) is 4.90 Å². The maximum absolute atomic E-state index is 13.2. The fourth-order valence-corrected chi connectivity index (χ4v) is 6.39. The van der Waals surface area contributed by atoms with Crippen LogP contribution in [0, 0.1) is 35.5 Å². The Balaban J connectivity index is 1.15. The molecule has 1 aliphatic heterocycles. The zero-order chi connectivity index (χ0) is 22.1. The number of anilines is 1. The molecule has 1 heterocycles. The van der Waals surface area contributed by atoms with Gasteiger partial charge in [0.15, 0.2) is 5.78 Å². The quantitative estimate of drug-likeness (QED) is 0.339. The number of halogens is 2. The minimum atomic E-state index is -0.190. The van der Waals surface area contributed by atoms with Gasteiger partial charge in [-0.25, -0.2) is 0 Å². The van der Waals surface area contributed by atoms with Crippen LogP contribution in [0.25, 0.3) is 0 Å². The van der Waals surface area contributed by atoms with Crippen LogP contribution in [0.15, 0.2) is 54.6 Å². The summed E-state index contributed by atoms with van der Waals surface area (Å²) in [6, 6.07) is 12.3. The number of carbonyl (C=O) groups is 3. The molecule has 1 saturated heterocycles. The molecule has 0 aromatic heterocycles. The van der Waals surface area contributed by atoms with E-state index >= 15 is 0 Å². The number of imide groups is 1. The van der Waals surface area contributed by atoms with Gasteiger partial charge in [-0.15, -0.1) is 0 Å². The van der Waals surface area contributed by atoms with E-state index in [-0.39, 0.29) is 41.3 Å². The molecule has 5 aliphatic rings. The fourth-order valence-electron chi connectivity index (χ4n) is 6.09. The number of nitrogens with zero attached hydrogens (tertiary/aromatic N) is 1. The summed E-state index contributed by atoms with van der Waals surface area (Å²) in [6.07, 6.45) is 6.42. The number of allylic oxidation sites excluding steroid dienone is 2. The van der Waals surface area contributed by atoms with Crippen molar-refractivity contribution < 1.29 is 14.4 Å². The lowest BCUT2D eigenvalue weighted by atomic mass is 9.63. The molecule has 2 bridgehead atoms. The Morgan fingerprint density at radius 3 is 2.09 bits per heavy atom. The summed E-state index contributed by atoms with van der Waals surface area (Å²) in [7, 11) is 0. The van der Waals surface area contributed by atoms with Crippen LogP contribution >= 0.6 is 23.2 Å². The van der Waals surface area contributed by atoms with Crippen LogP contribution in [0.1, 0.15) is 28.8 Å². The lowest BCUT2D eigenvalue weighted by molar-refractivity contribution is -0.124. The van der Waals surface area contributed by atoms with Crippen LogP contribution in [0.3, 0.4) is 0 Å². The maximum atomic E-state index is 13.2. The Morgan fingerprint density at radius 2 is 1.50 bits per heavy atom. The third-order valence-corrected chi connectivity index (χ3v) is 8.48. The number of carbonyl (C=O) groups excluding carboxylic acids is 3. The highest BCUT2D eigenvalue weighted by Crippen LogP contribution is 2.65. The van der Waals surface area contributed by atoms with E-state index in [4.69, 9.17) is 23.2 Å². The molecular weight excluding hydrogens is 445 g/mol. The van der Waals surface area contributed by atoms with Gasteiger partial charge in [0.1, 0.15) is 0 Å². The maximum Gasteiger partial charge on any atom is 0.238 e. The van der Waals surface area contributed by atoms with Crippen molar-refractivity contribution in [1.82, 2.24) is 0 Å². The Hall–Kier alpha value is -2.43. The summed E-state index contributed by atoms with van der Waals surface area (Å²) in [6.45, 7) is 0. The predicted octanol–water partition coefficient (Wildman–Crippen LogP) is 5.37. The fraction of sp³-hybridized carbons (Fsp3) is 0.346. The van der Waals surface area contributed by atoms with Crippen molar-refractivity contribution in [3.8, 4) is 0 Å². The van der Waals surface area contributed by atoms with E-state index < -0.39 is 0 Å². The minimum Gasteiger partial charge on any atom is -0.294 e. The zero-order valence-corrected chi connectivity index (χ0v) is 18.7. The summed E-state index contributed by atoms with van der Waals surface area (Å²) in [5, 5.41) is 0.786. The molecule has 2 aromatic carbocycles. The number of hydrogen-bond acceptors (Lipinski definition) is 3. The highest BCUT2D eigenvalue weighted by molar-refractivity contribution is 6.42. The molecule has 3 fully saturated rings. The van der Waals surface area contributed by atoms with Crippen LogP contribution in [0.4, 0.5) is 5.69 Å². The van der Waals surface area contributed by atoms with E-state index in [0.717, 1.165) is 12.0 Å². The molecular formula is C26H21Cl2NO3. The van der Waals surface area contributed by atoms with E-state index in [1.54, 1.807) is 18.2 Å². The number of rotatable bonds is 5. The average Bonchev–Trinajstić information content (AvgIpc) is 3.58. The summed E-state index contributed by atoms with van der Waals surface area (Å²) >= 11 is 11.9. The minimum absolute atomic E-state index is 0.0110. The first-order valence-electron chi connectivity index (χ1n) is 11.1. The number of benzene rings is 2. The van der Waals surface area contributed by atoms with Gasteiger partial charge < -0.3 is 0 Å². The molecule has 2 amide bonds. The summed E-state index contributed by atoms with van der Waals surface area (Å²) < 4.78 is 0. The van der Waals surface area contributed by atoms with Crippen LogP contribution in [-0.2, 0) is 16.0 Å². The highest BCUT2D eigenvalue weighted by Gasteiger charge is 2.67. The highest BCUT2D eigenvalue weighted by atomic mass is 35.5. The van der Waals surface area contributed by atoms with Crippen molar-refractivity contribution in [3.05, 3.63) is 75.8 Å². The van der Waals surface area contributed by atoms with Crippen molar-refractivity contribution in [3.63, 3.8) is 0 Å².